The summed E-state index contributed by atoms with van der Waals surface area (Å²) in [5.41, 5.74) is 1.44. The molecule has 92 valence electrons. The van der Waals surface area contributed by atoms with E-state index in [0.29, 0.717) is 6.04 Å². The van der Waals surface area contributed by atoms with E-state index in [9.17, 15) is 0 Å². The van der Waals surface area contributed by atoms with E-state index in [1.807, 2.05) is 0 Å². The van der Waals surface area contributed by atoms with Crippen molar-refractivity contribution in [1.82, 2.24) is 10.2 Å². The minimum atomic E-state index is 0.525. The molecule has 0 bridgehead atoms. The first-order chi connectivity index (χ1) is 7.81. The first kappa shape index (κ1) is 13.7. The quantitative estimate of drug-likeness (QED) is 0.751. The predicted molar refractivity (Wildman–Crippen MR) is 73.1 cm³/mol. The van der Waals surface area contributed by atoms with Crippen molar-refractivity contribution in [2.75, 3.05) is 26.2 Å². The minimum Gasteiger partial charge on any atom is -0.310 e. The molecule has 1 rings (SSSR count). The van der Waals surface area contributed by atoms with Crippen molar-refractivity contribution in [2.24, 2.45) is 0 Å². The van der Waals surface area contributed by atoms with Gasteiger partial charge in [0.25, 0.3) is 0 Å². The molecule has 0 aromatic carbocycles. The van der Waals surface area contributed by atoms with E-state index in [4.69, 9.17) is 0 Å². The average Bonchev–Trinajstić information content (AvgIpc) is 2.82. The standard InChI is InChI=1S/C13H24N2S/c1-4-14-13(12-8-10-16-11-12)7-9-15(5-2)6-3/h8,10-11,13-14H,4-7,9H2,1-3H3. The maximum Gasteiger partial charge on any atom is 0.0340 e. The van der Waals surface area contributed by atoms with Gasteiger partial charge in [-0.3, -0.25) is 0 Å². The van der Waals surface area contributed by atoms with E-state index in [1.165, 1.54) is 18.5 Å². The van der Waals surface area contributed by atoms with Crippen molar-refractivity contribution in [1.29, 1.82) is 0 Å². The van der Waals surface area contributed by atoms with Gasteiger partial charge in [0.1, 0.15) is 0 Å². The van der Waals surface area contributed by atoms with Gasteiger partial charge >= 0.3 is 0 Å². The molecule has 1 aromatic rings. The summed E-state index contributed by atoms with van der Waals surface area (Å²) in [6.45, 7) is 11.2. The van der Waals surface area contributed by atoms with Crippen LogP contribution >= 0.6 is 11.3 Å². The summed E-state index contributed by atoms with van der Waals surface area (Å²) >= 11 is 1.79. The molecule has 2 nitrogen and oxygen atoms in total. The molecule has 1 aromatic heterocycles. The van der Waals surface area contributed by atoms with E-state index in [-0.39, 0.29) is 0 Å². The summed E-state index contributed by atoms with van der Waals surface area (Å²) in [7, 11) is 0. The molecule has 3 heteroatoms. The number of thiophene rings is 1. The molecule has 0 spiro atoms. The largest absolute Gasteiger partial charge is 0.310 e. The summed E-state index contributed by atoms with van der Waals surface area (Å²) < 4.78 is 0. The van der Waals surface area contributed by atoms with Crippen LogP contribution in [0, 0.1) is 0 Å². The van der Waals surface area contributed by atoms with Crippen LogP contribution in [0.5, 0.6) is 0 Å². The molecule has 0 fully saturated rings. The lowest BCUT2D eigenvalue weighted by atomic mass is 10.1. The van der Waals surface area contributed by atoms with Gasteiger partial charge in [-0.05, 0) is 55.0 Å². The summed E-state index contributed by atoms with van der Waals surface area (Å²) in [6.07, 6.45) is 1.20. The first-order valence-electron chi connectivity index (χ1n) is 6.29. The fraction of sp³-hybridized carbons (Fsp3) is 0.692. The van der Waals surface area contributed by atoms with Crippen molar-refractivity contribution in [3.63, 3.8) is 0 Å². The Balaban J connectivity index is 2.45. The highest BCUT2D eigenvalue weighted by Crippen LogP contribution is 2.19. The SMILES string of the molecule is CCNC(CCN(CC)CC)c1ccsc1. The van der Waals surface area contributed by atoms with E-state index in [1.54, 1.807) is 11.3 Å². The topological polar surface area (TPSA) is 15.3 Å². The van der Waals surface area contributed by atoms with Crippen LogP contribution < -0.4 is 5.32 Å². The molecule has 0 radical (unpaired) electrons. The number of hydrogen-bond donors (Lipinski definition) is 1. The van der Waals surface area contributed by atoms with Gasteiger partial charge in [-0.25, -0.2) is 0 Å². The second-order valence-electron chi connectivity index (χ2n) is 3.98. The Labute approximate surface area is 104 Å². The highest BCUT2D eigenvalue weighted by molar-refractivity contribution is 7.07. The van der Waals surface area contributed by atoms with Crippen LogP contribution in [0.15, 0.2) is 16.8 Å². The molecule has 1 atom stereocenters. The fourth-order valence-corrected chi connectivity index (χ4v) is 2.67. The highest BCUT2D eigenvalue weighted by atomic mass is 32.1. The van der Waals surface area contributed by atoms with Gasteiger partial charge in [-0.1, -0.05) is 20.8 Å². The van der Waals surface area contributed by atoms with E-state index in [2.05, 4.69) is 47.8 Å². The fourth-order valence-electron chi connectivity index (χ4n) is 1.96. The molecule has 16 heavy (non-hydrogen) atoms. The number of hydrogen-bond acceptors (Lipinski definition) is 3. The van der Waals surface area contributed by atoms with Gasteiger partial charge < -0.3 is 10.2 Å². The van der Waals surface area contributed by atoms with Gasteiger partial charge in [0.05, 0.1) is 0 Å². The molecule has 0 amide bonds. The van der Waals surface area contributed by atoms with Crippen molar-refractivity contribution in [3.05, 3.63) is 22.4 Å². The van der Waals surface area contributed by atoms with Crippen LogP contribution in [0.3, 0.4) is 0 Å². The number of rotatable bonds is 8. The Morgan fingerprint density at radius 1 is 1.31 bits per heavy atom. The van der Waals surface area contributed by atoms with Crippen LogP contribution in [-0.2, 0) is 0 Å². The van der Waals surface area contributed by atoms with Crippen LogP contribution in [0.2, 0.25) is 0 Å². The first-order valence-corrected chi connectivity index (χ1v) is 7.23. The maximum absolute atomic E-state index is 3.57. The van der Waals surface area contributed by atoms with E-state index < -0.39 is 0 Å². The molecule has 1 N–H and O–H groups in total. The summed E-state index contributed by atoms with van der Waals surface area (Å²) in [4.78, 5) is 2.48. The molecule has 0 aliphatic heterocycles. The normalized spacial score (nSPS) is 13.2. The number of nitrogens with zero attached hydrogens (tertiary/aromatic N) is 1. The smallest absolute Gasteiger partial charge is 0.0340 e. The van der Waals surface area contributed by atoms with Crippen LogP contribution in [0.4, 0.5) is 0 Å². The summed E-state index contributed by atoms with van der Waals surface area (Å²) in [5.74, 6) is 0. The Morgan fingerprint density at radius 3 is 2.56 bits per heavy atom. The minimum absolute atomic E-state index is 0.525. The molecular weight excluding hydrogens is 216 g/mol. The second-order valence-corrected chi connectivity index (χ2v) is 4.76. The van der Waals surface area contributed by atoms with Gasteiger partial charge in [0, 0.05) is 6.04 Å². The third-order valence-corrected chi connectivity index (χ3v) is 3.73. The Morgan fingerprint density at radius 2 is 2.06 bits per heavy atom. The third kappa shape index (κ3) is 4.24. The van der Waals surface area contributed by atoms with Crippen molar-refractivity contribution in [2.45, 2.75) is 33.2 Å². The Bertz CT molecular complexity index is 255. The summed E-state index contributed by atoms with van der Waals surface area (Å²) in [5, 5.41) is 7.99. The molecule has 1 unspecified atom stereocenters. The predicted octanol–water partition coefficient (Wildman–Crippen LogP) is 3.13. The molecule has 0 aliphatic carbocycles. The molecule has 0 saturated heterocycles. The lowest BCUT2D eigenvalue weighted by molar-refractivity contribution is 0.282. The molecular formula is C13H24N2S. The molecule has 0 aliphatic rings. The maximum atomic E-state index is 3.57. The van der Waals surface area contributed by atoms with Crippen molar-refractivity contribution < 1.29 is 0 Å². The Kier molecular flexibility index (Phi) is 6.69. The van der Waals surface area contributed by atoms with Gasteiger partial charge in [0.2, 0.25) is 0 Å². The molecule has 0 saturated carbocycles. The summed E-state index contributed by atoms with van der Waals surface area (Å²) in [6, 6.07) is 2.76. The lowest BCUT2D eigenvalue weighted by Crippen LogP contribution is -2.29. The van der Waals surface area contributed by atoms with E-state index in [0.717, 1.165) is 19.6 Å². The van der Waals surface area contributed by atoms with Crippen LogP contribution in [0.25, 0.3) is 0 Å². The van der Waals surface area contributed by atoms with Crippen molar-refractivity contribution in [3.8, 4) is 0 Å². The zero-order valence-corrected chi connectivity index (χ0v) is 11.5. The second kappa shape index (κ2) is 7.82. The highest BCUT2D eigenvalue weighted by Gasteiger charge is 2.11. The van der Waals surface area contributed by atoms with Crippen molar-refractivity contribution >= 4 is 11.3 Å². The monoisotopic (exact) mass is 240 g/mol. The Hall–Kier alpha value is -0.380. The van der Waals surface area contributed by atoms with Crippen LogP contribution in [-0.4, -0.2) is 31.1 Å². The van der Waals surface area contributed by atoms with Crippen LogP contribution in [0.1, 0.15) is 38.8 Å². The van der Waals surface area contributed by atoms with Gasteiger partial charge in [-0.15, -0.1) is 0 Å². The lowest BCUT2D eigenvalue weighted by Gasteiger charge is -2.22. The number of nitrogens with one attached hydrogen (secondary N) is 1. The third-order valence-electron chi connectivity index (χ3n) is 3.02. The van der Waals surface area contributed by atoms with E-state index >= 15 is 0 Å². The zero-order chi connectivity index (χ0) is 11.8. The zero-order valence-electron chi connectivity index (χ0n) is 10.7. The average molecular weight is 240 g/mol. The van der Waals surface area contributed by atoms with Gasteiger partial charge in [-0.2, -0.15) is 11.3 Å². The molecule has 1 heterocycles. The van der Waals surface area contributed by atoms with Gasteiger partial charge in [0.15, 0.2) is 0 Å².